The fraction of sp³-hybridized carbons (Fsp3) is 0.615. The molecule has 1 heterocycles. The predicted molar refractivity (Wildman–Crippen MR) is 64.0 cm³/mol. The zero-order valence-electron chi connectivity index (χ0n) is 10.5. The van der Waals surface area contributed by atoms with E-state index in [1.54, 1.807) is 0 Å². The molecule has 19 heavy (non-hydrogen) atoms. The van der Waals surface area contributed by atoms with Gasteiger partial charge in [0.2, 0.25) is 0 Å². The number of amides is 1. The molecule has 2 N–H and O–H groups in total. The topological polar surface area (TPSA) is 62.5 Å². The monoisotopic (exact) mass is 273 g/mol. The molecule has 1 aliphatic rings. The number of rotatable bonds is 4. The Hall–Kier alpha value is -1.43. The Morgan fingerprint density at radius 3 is 2.68 bits per heavy atom. The minimum atomic E-state index is -3.33. The van der Waals surface area contributed by atoms with E-state index in [2.05, 4.69) is 5.32 Å². The van der Waals surface area contributed by atoms with Gasteiger partial charge < -0.3 is 14.8 Å². The van der Waals surface area contributed by atoms with E-state index in [1.807, 2.05) is 0 Å². The summed E-state index contributed by atoms with van der Waals surface area (Å²) in [5, 5.41) is 12.2. The zero-order chi connectivity index (χ0) is 13.9. The second kappa shape index (κ2) is 5.28. The maximum absolute atomic E-state index is 14.0. The van der Waals surface area contributed by atoms with Crippen molar-refractivity contribution in [3.05, 3.63) is 24.2 Å². The molecule has 0 aromatic carbocycles. The Kier molecular flexibility index (Phi) is 3.89. The SMILES string of the molecule is O=C(NCC(F)(F)C1(O)CCCCC1)c1ccoc1. The maximum atomic E-state index is 14.0. The maximum Gasteiger partial charge on any atom is 0.293 e. The van der Waals surface area contributed by atoms with Crippen LogP contribution in [0.3, 0.4) is 0 Å². The standard InChI is InChI=1S/C13H17F2NO3/c14-13(15,12(18)5-2-1-3-6-12)9-16-11(17)10-4-7-19-8-10/h4,7-8,18H,1-3,5-6,9H2,(H,16,17). The molecule has 4 nitrogen and oxygen atoms in total. The van der Waals surface area contributed by atoms with Gasteiger partial charge in [-0.2, -0.15) is 0 Å². The van der Waals surface area contributed by atoms with Crippen LogP contribution in [0.1, 0.15) is 42.5 Å². The van der Waals surface area contributed by atoms with Crippen LogP contribution in [0, 0.1) is 0 Å². The Bertz CT molecular complexity index is 425. The van der Waals surface area contributed by atoms with E-state index in [0.29, 0.717) is 12.8 Å². The van der Waals surface area contributed by atoms with Gasteiger partial charge in [-0.15, -0.1) is 0 Å². The van der Waals surface area contributed by atoms with Gasteiger partial charge in [0.25, 0.3) is 11.8 Å². The number of hydrogen-bond donors (Lipinski definition) is 2. The number of halogens is 2. The number of carbonyl (C=O) groups is 1. The van der Waals surface area contributed by atoms with Gasteiger partial charge in [0.15, 0.2) is 0 Å². The molecule has 106 valence electrons. The lowest BCUT2D eigenvalue weighted by Gasteiger charge is -2.38. The van der Waals surface area contributed by atoms with Crippen LogP contribution in [0.4, 0.5) is 8.78 Å². The molecule has 0 unspecified atom stereocenters. The first-order valence-electron chi connectivity index (χ1n) is 6.35. The van der Waals surface area contributed by atoms with Gasteiger partial charge in [0.1, 0.15) is 11.9 Å². The second-order valence-electron chi connectivity index (χ2n) is 4.99. The van der Waals surface area contributed by atoms with E-state index in [1.165, 1.54) is 18.6 Å². The summed E-state index contributed by atoms with van der Waals surface area (Å²) in [5.74, 6) is -3.96. The molecule has 0 saturated heterocycles. The second-order valence-corrected chi connectivity index (χ2v) is 4.99. The van der Waals surface area contributed by atoms with Crippen molar-refractivity contribution in [1.82, 2.24) is 5.32 Å². The third kappa shape index (κ3) is 2.94. The molecular weight excluding hydrogens is 256 g/mol. The zero-order valence-corrected chi connectivity index (χ0v) is 10.5. The lowest BCUT2D eigenvalue weighted by Crippen LogP contribution is -2.55. The molecule has 1 aliphatic carbocycles. The molecule has 1 saturated carbocycles. The summed E-state index contributed by atoms with van der Waals surface area (Å²) in [6, 6.07) is 1.39. The fourth-order valence-electron chi connectivity index (χ4n) is 2.35. The van der Waals surface area contributed by atoms with Gasteiger partial charge >= 0.3 is 0 Å². The molecule has 1 amide bonds. The van der Waals surface area contributed by atoms with Crippen molar-refractivity contribution in [3.63, 3.8) is 0 Å². The summed E-state index contributed by atoms with van der Waals surface area (Å²) < 4.78 is 32.7. The van der Waals surface area contributed by atoms with E-state index in [9.17, 15) is 18.7 Å². The summed E-state index contributed by atoms with van der Waals surface area (Å²) >= 11 is 0. The number of hydrogen-bond acceptors (Lipinski definition) is 3. The summed E-state index contributed by atoms with van der Waals surface area (Å²) in [6.45, 7) is -0.868. The van der Waals surface area contributed by atoms with Gasteiger partial charge in [0, 0.05) is 0 Å². The number of alkyl halides is 2. The molecule has 0 aliphatic heterocycles. The van der Waals surface area contributed by atoms with Crippen molar-refractivity contribution in [2.75, 3.05) is 6.54 Å². The number of nitrogens with one attached hydrogen (secondary N) is 1. The molecule has 0 radical (unpaired) electrons. The highest BCUT2D eigenvalue weighted by Gasteiger charge is 2.52. The average molecular weight is 273 g/mol. The summed E-state index contributed by atoms with van der Waals surface area (Å²) in [6.07, 6.45) is 4.65. The van der Waals surface area contributed by atoms with Crippen LogP contribution < -0.4 is 5.32 Å². The highest BCUT2D eigenvalue weighted by molar-refractivity contribution is 5.93. The Balaban J connectivity index is 1.95. The van der Waals surface area contributed by atoms with Crippen molar-refractivity contribution in [3.8, 4) is 0 Å². The molecule has 0 bridgehead atoms. The third-order valence-electron chi connectivity index (χ3n) is 3.62. The number of furan rings is 1. The third-order valence-corrected chi connectivity index (χ3v) is 3.62. The van der Waals surface area contributed by atoms with Crippen LogP contribution in [0.5, 0.6) is 0 Å². The molecule has 1 aromatic rings. The Morgan fingerprint density at radius 2 is 2.11 bits per heavy atom. The normalized spacial score (nSPS) is 19.1. The van der Waals surface area contributed by atoms with Gasteiger partial charge in [0.05, 0.1) is 18.4 Å². The van der Waals surface area contributed by atoms with E-state index in [-0.39, 0.29) is 18.4 Å². The van der Waals surface area contributed by atoms with Crippen LogP contribution in [0.25, 0.3) is 0 Å². The van der Waals surface area contributed by atoms with Crippen molar-refractivity contribution in [2.24, 2.45) is 0 Å². The lowest BCUT2D eigenvalue weighted by atomic mass is 9.80. The summed E-state index contributed by atoms with van der Waals surface area (Å²) in [7, 11) is 0. The van der Waals surface area contributed by atoms with Crippen molar-refractivity contribution in [2.45, 2.75) is 43.6 Å². The number of aliphatic hydroxyl groups is 1. The van der Waals surface area contributed by atoms with Gasteiger partial charge in [-0.25, -0.2) is 8.78 Å². The smallest absolute Gasteiger partial charge is 0.293 e. The van der Waals surface area contributed by atoms with Crippen LogP contribution in [-0.4, -0.2) is 29.1 Å². The highest BCUT2D eigenvalue weighted by Crippen LogP contribution is 2.40. The average Bonchev–Trinajstić information content (AvgIpc) is 2.91. The number of carbonyl (C=O) groups excluding carboxylic acids is 1. The van der Waals surface area contributed by atoms with Gasteiger partial charge in [-0.3, -0.25) is 4.79 Å². The largest absolute Gasteiger partial charge is 0.472 e. The first-order valence-corrected chi connectivity index (χ1v) is 6.35. The Morgan fingerprint density at radius 1 is 1.42 bits per heavy atom. The van der Waals surface area contributed by atoms with E-state index >= 15 is 0 Å². The fourth-order valence-corrected chi connectivity index (χ4v) is 2.35. The van der Waals surface area contributed by atoms with Crippen molar-refractivity contribution in [1.29, 1.82) is 0 Å². The molecule has 0 spiro atoms. The minimum Gasteiger partial charge on any atom is -0.472 e. The van der Waals surface area contributed by atoms with Gasteiger partial charge in [-0.1, -0.05) is 19.3 Å². The predicted octanol–water partition coefficient (Wildman–Crippen LogP) is 2.34. The summed E-state index contributed by atoms with van der Waals surface area (Å²) in [5.41, 5.74) is -1.82. The quantitative estimate of drug-likeness (QED) is 0.885. The first-order chi connectivity index (χ1) is 8.95. The molecule has 1 aromatic heterocycles. The van der Waals surface area contributed by atoms with Crippen LogP contribution in [-0.2, 0) is 0 Å². The van der Waals surface area contributed by atoms with Gasteiger partial charge in [-0.05, 0) is 18.9 Å². The summed E-state index contributed by atoms with van der Waals surface area (Å²) in [4.78, 5) is 11.6. The molecule has 1 fully saturated rings. The minimum absolute atomic E-state index is 0.0710. The first kappa shape index (κ1) is 14.0. The van der Waals surface area contributed by atoms with Crippen LogP contribution in [0.15, 0.2) is 23.0 Å². The Labute approximate surface area is 109 Å². The van der Waals surface area contributed by atoms with Crippen molar-refractivity contribution >= 4 is 5.91 Å². The van der Waals surface area contributed by atoms with Crippen LogP contribution >= 0.6 is 0 Å². The molecule has 0 atom stereocenters. The van der Waals surface area contributed by atoms with E-state index in [0.717, 1.165) is 6.42 Å². The van der Waals surface area contributed by atoms with Crippen molar-refractivity contribution < 1.29 is 23.1 Å². The molecular formula is C13H17F2NO3. The molecule has 6 heteroatoms. The van der Waals surface area contributed by atoms with E-state index in [4.69, 9.17) is 4.42 Å². The lowest BCUT2D eigenvalue weighted by molar-refractivity contribution is -0.191. The molecule has 2 rings (SSSR count). The highest BCUT2D eigenvalue weighted by atomic mass is 19.3. The van der Waals surface area contributed by atoms with E-state index < -0.39 is 24.0 Å². The van der Waals surface area contributed by atoms with Crippen LogP contribution in [0.2, 0.25) is 0 Å².